The van der Waals surface area contributed by atoms with Crippen LogP contribution in [0.1, 0.15) is 73.0 Å². The molecule has 1 aliphatic carbocycles. The van der Waals surface area contributed by atoms with Gasteiger partial charge in [-0.1, -0.05) is 18.2 Å². The minimum Gasteiger partial charge on any atom is -0.383 e. The number of hydrogen-bond donors (Lipinski definition) is 2. The van der Waals surface area contributed by atoms with Gasteiger partial charge in [-0.05, 0) is 58.0 Å². The van der Waals surface area contributed by atoms with Crippen LogP contribution in [0.15, 0.2) is 35.3 Å². The van der Waals surface area contributed by atoms with E-state index in [-0.39, 0.29) is 35.7 Å². The summed E-state index contributed by atoms with van der Waals surface area (Å²) in [6, 6.07) is 3.94. The number of alkyl halides is 4. The van der Waals surface area contributed by atoms with Crippen LogP contribution in [0.3, 0.4) is 0 Å². The van der Waals surface area contributed by atoms with Gasteiger partial charge in [-0.3, -0.25) is 14.5 Å². The Balaban J connectivity index is 1.43. The number of anilines is 1. The number of aromatic nitrogens is 1. The fourth-order valence-corrected chi connectivity index (χ4v) is 5.85. The normalized spacial score (nSPS) is 24.5. The van der Waals surface area contributed by atoms with Gasteiger partial charge in [-0.25, -0.2) is 22.0 Å². The van der Waals surface area contributed by atoms with Crippen LogP contribution in [0.4, 0.5) is 27.6 Å². The molecule has 4 heterocycles. The van der Waals surface area contributed by atoms with Crippen molar-refractivity contribution in [1.29, 1.82) is 0 Å². The fraction of sp³-hybridized carbons (Fsp3) is 0.556. The van der Waals surface area contributed by atoms with Gasteiger partial charge < -0.3 is 15.2 Å². The summed E-state index contributed by atoms with van der Waals surface area (Å²) in [7, 11) is 0. The van der Waals surface area contributed by atoms with Gasteiger partial charge in [0.25, 0.3) is 24.3 Å². The van der Waals surface area contributed by atoms with Crippen LogP contribution in [-0.2, 0) is 5.54 Å². The van der Waals surface area contributed by atoms with E-state index in [0.29, 0.717) is 12.5 Å². The Kier molecular flexibility index (Phi) is 7.23. The molecular formula is C27H31F5N4O2. The maximum atomic E-state index is 14.7. The van der Waals surface area contributed by atoms with Crippen LogP contribution in [0, 0.1) is 11.7 Å². The Bertz CT molecular complexity index is 1250. The zero-order valence-electron chi connectivity index (χ0n) is 21.0. The van der Waals surface area contributed by atoms with E-state index in [1.54, 1.807) is 0 Å². The molecule has 206 valence electrons. The Hall–Kier alpha value is -2.95. The van der Waals surface area contributed by atoms with Gasteiger partial charge in [0.2, 0.25) is 0 Å². The molecule has 4 aliphatic rings. The molecule has 2 atom stereocenters. The minimum absolute atomic E-state index is 0.0373. The molecule has 6 nitrogen and oxygen atoms in total. The van der Waals surface area contributed by atoms with Crippen molar-refractivity contribution in [1.82, 2.24) is 14.8 Å². The highest BCUT2D eigenvalue weighted by Crippen LogP contribution is 2.48. The molecule has 1 amide bonds. The van der Waals surface area contributed by atoms with Crippen molar-refractivity contribution < 1.29 is 26.7 Å². The Morgan fingerprint density at radius 3 is 2.39 bits per heavy atom. The van der Waals surface area contributed by atoms with E-state index in [1.807, 2.05) is 0 Å². The van der Waals surface area contributed by atoms with Crippen LogP contribution in [0.5, 0.6) is 0 Å². The lowest BCUT2D eigenvalue weighted by Crippen LogP contribution is -2.51. The molecule has 6 rings (SSSR count). The molecule has 3 aliphatic heterocycles. The standard InChI is InChI=1S/C27H31F5N4O2/c1-15(18-3-2-4-19(23(18)28)24(29)30)34-25(38)20-14-36(27(7-8-27)26(31)32)22(37)12-21(20)33-13-17-11-16-5-9-35(17)10-6-16/h2-4,12,14-17,24,26,33H,5-11,13H2,1H3,(H,34,38)/t15-,17-/m1/s1. The molecule has 1 saturated carbocycles. The molecule has 2 aromatic rings. The largest absolute Gasteiger partial charge is 0.383 e. The highest BCUT2D eigenvalue weighted by Gasteiger charge is 2.53. The summed E-state index contributed by atoms with van der Waals surface area (Å²) in [6.45, 7) is 3.90. The van der Waals surface area contributed by atoms with E-state index in [4.69, 9.17) is 0 Å². The summed E-state index contributed by atoms with van der Waals surface area (Å²) in [6.07, 6.45) is -1.15. The molecule has 3 saturated heterocycles. The number of nitrogens with one attached hydrogen (secondary N) is 2. The summed E-state index contributed by atoms with van der Waals surface area (Å²) in [5.41, 5.74) is -3.03. The summed E-state index contributed by atoms with van der Waals surface area (Å²) in [5, 5.41) is 5.79. The first-order chi connectivity index (χ1) is 18.1. The second-order valence-corrected chi connectivity index (χ2v) is 10.7. The maximum Gasteiger partial charge on any atom is 0.266 e. The van der Waals surface area contributed by atoms with Gasteiger partial charge in [0.15, 0.2) is 0 Å². The highest BCUT2D eigenvalue weighted by atomic mass is 19.3. The Morgan fingerprint density at radius 1 is 1.13 bits per heavy atom. The number of hydrogen-bond acceptors (Lipinski definition) is 4. The summed E-state index contributed by atoms with van der Waals surface area (Å²) >= 11 is 0. The molecule has 1 aromatic heterocycles. The molecular weight excluding hydrogens is 507 g/mol. The van der Waals surface area contributed by atoms with Crippen molar-refractivity contribution in [2.75, 3.05) is 25.0 Å². The third-order valence-corrected chi connectivity index (χ3v) is 8.35. The number of nitrogens with zero attached hydrogens (tertiary/aromatic N) is 2. The maximum absolute atomic E-state index is 14.7. The molecule has 0 unspecified atom stereocenters. The number of benzene rings is 1. The van der Waals surface area contributed by atoms with E-state index in [1.165, 1.54) is 19.1 Å². The molecule has 0 spiro atoms. The molecule has 38 heavy (non-hydrogen) atoms. The number of carbonyl (C=O) groups is 1. The summed E-state index contributed by atoms with van der Waals surface area (Å²) in [4.78, 5) is 28.7. The number of fused-ring (bicyclic) bond motifs is 3. The first kappa shape index (κ1) is 26.6. The number of halogens is 5. The Labute approximate surface area is 217 Å². The monoisotopic (exact) mass is 538 g/mol. The molecule has 1 aromatic carbocycles. The van der Waals surface area contributed by atoms with Crippen LogP contribution < -0.4 is 16.2 Å². The fourth-order valence-electron chi connectivity index (χ4n) is 5.85. The SMILES string of the molecule is C[C@@H](NC(=O)c1cn(C2(C(F)F)CC2)c(=O)cc1NC[C@H]1CC2CCN1CC2)c1cccc(C(F)F)c1F. The minimum atomic E-state index is -3.02. The smallest absolute Gasteiger partial charge is 0.266 e. The van der Waals surface area contributed by atoms with E-state index < -0.39 is 47.3 Å². The van der Waals surface area contributed by atoms with Crippen molar-refractivity contribution >= 4 is 11.6 Å². The predicted molar refractivity (Wildman–Crippen MR) is 132 cm³/mol. The zero-order valence-corrected chi connectivity index (χ0v) is 21.0. The van der Waals surface area contributed by atoms with Crippen molar-refractivity contribution in [3.05, 3.63) is 63.3 Å². The second kappa shape index (κ2) is 10.3. The van der Waals surface area contributed by atoms with Crippen molar-refractivity contribution in [2.45, 2.75) is 69.5 Å². The van der Waals surface area contributed by atoms with Gasteiger partial charge in [-0.2, -0.15) is 0 Å². The lowest BCUT2D eigenvalue weighted by atomic mass is 9.83. The quantitative estimate of drug-likeness (QED) is 0.438. The predicted octanol–water partition coefficient (Wildman–Crippen LogP) is 5.07. The third kappa shape index (κ3) is 4.92. The van der Waals surface area contributed by atoms with Gasteiger partial charge >= 0.3 is 0 Å². The van der Waals surface area contributed by atoms with Gasteiger partial charge in [0.1, 0.15) is 11.4 Å². The van der Waals surface area contributed by atoms with E-state index >= 15 is 0 Å². The average molecular weight is 539 g/mol. The van der Waals surface area contributed by atoms with Crippen LogP contribution in [-0.4, -0.2) is 47.5 Å². The van der Waals surface area contributed by atoms with E-state index in [9.17, 15) is 31.5 Å². The van der Waals surface area contributed by atoms with E-state index in [2.05, 4.69) is 15.5 Å². The Morgan fingerprint density at radius 2 is 1.82 bits per heavy atom. The topological polar surface area (TPSA) is 66.4 Å². The van der Waals surface area contributed by atoms with Gasteiger partial charge in [0, 0.05) is 30.4 Å². The van der Waals surface area contributed by atoms with E-state index in [0.717, 1.165) is 55.2 Å². The zero-order chi connectivity index (χ0) is 27.2. The molecule has 0 radical (unpaired) electrons. The number of rotatable bonds is 9. The average Bonchev–Trinajstić information content (AvgIpc) is 3.70. The van der Waals surface area contributed by atoms with Crippen molar-refractivity contribution in [2.24, 2.45) is 5.92 Å². The van der Waals surface area contributed by atoms with Crippen molar-refractivity contribution in [3.63, 3.8) is 0 Å². The number of carbonyl (C=O) groups excluding carboxylic acids is 1. The molecule has 2 N–H and O–H groups in total. The van der Waals surface area contributed by atoms with Crippen LogP contribution in [0.25, 0.3) is 0 Å². The number of piperidine rings is 3. The highest BCUT2D eigenvalue weighted by molar-refractivity contribution is 5.99. The molecule has 4 fully saturated rings. The second-order valence-electron chi connectivity index (χ2n) is 10.7. The lowest BCUT2D eigenvalue weighted by molar-refractivity contribution is 0.0562. The molecule has 11 heteroatoms. The van der Waals surface area contributed by atoms with Crippen LogP contribution in [0.2, 0.25) is 0 Å². The molecule has 2 bridgehead atoms. The number of amides is 1. The van der Waals surface area contributed by atoms with Crippen molar-refractivity contribution in [3.8, 4) is 0 Å². The first-order valence-corrected chi connectivity index (χ1v) is 13.0. The summed E-state index contributed by atoms with van der Waals surface area (Å²) < 4.78 is 69.7. The van der Waals surface area contributed by atoms with Gasteiger partial charge in [0.05, 0.1) is 22.9 Å². The summed E-state index contributed by atoms with van der Waals surface area (Å²) in [5.74, 6) is -1.20. The third-order valence-electron chi connectivity index (χ3n) is 8.35. The lowest BCUT2D eigenvalue weighted by Gasteiger charge is -2.45. The first-order valence-electron chi connectivity index (χ1n) is 13.0. The number of pyridine rings is 1. The van der Waals surface area contributed by atoms with Crippen LogP contribution >= 0.6 is 0 Å². The van der Waals surface area contributed by atoms with Gasteiger partial charge in [-0.15, -0.1) is 0 Å².